The molecule has 3 nitrogen and oxygen atoms in total. The third kappa shape index (κ3) is 2.18. The molecule has 5 heteroatoms. The molecule has 1 aliphatic rings. The molecule has 0 saturated carbocycles. The minimum atomic E-state index is -0.572. The van der Waals surface area contributed by atoms with Gasteiger partial charge in [-0.1, -0.05) is 6.07 Å². The fourth-order valence-electron chi connectivity index (χ4n) is 1.91. The van der Waals surface area contributed by atoms with Crippen molar-refractivity contribution >= 4 is 12.6 Å². The molecular weight excluding hydrogens is 234 g/mol. The Morgan fingerprint density at radius 1 is 1.17 bits per heavy atom. The predicted molar refractivity (Wildman–Crippen MR) is 68.0 cm³/mol. The van der Waals surface area contributed by atoms with Gasteiger partial charge in [-0.3, -0.25) is 0 Å². The highest BCUT2D eigenvalue weighted by atomic mass is 19.1. The lowest BCUT2D eigenvalue weighted by molar-refractivity contribution is 0.00578. The van der Waals surface area contributed by atoms with Gasteiger partial charge in [-0.25, -0.2) is 4.39 Å². The van der Waals surface area contributed by atoms with Gasteiger partial charge in [0.2, 0.25) is 0 Å². The van der Waals surface area contributed by atoms with Gasteiger partial charge in [0.1, 0.15) is 5.82 Å². The van der Waals surface area contributed by atoms with E-state index in [1.54, 1.807) is 6.07 Å². The molecule has 1 N–H and O–H groups in total. The van der Waals surface area contributed by atoms with Crippen molar-refractivity contribution in [3.05, 3.63) is 29.6 Å². The zero-order chi connectivity index (χ0) is 13.6. The van der Waals surface area contributed by atoms with Gasteiger partial charge in [0.25, 0.3) is 0 Å². The van der Waals surface area contributed by atoms with E-state index in [1.165, 1.54) is 12.1 Å². The van der Waals surface area contributed by atoms with Gasteiger partial charge in [-0.05, 0) is 50.9 Å². The molecule has 0 amide bonds. The molecule has 2 rings (SSSR count). The van der Waals surface area contributed by atoms with Gasteiger partial charge in [-0.15, -0.1) is 0 Å². The zero-order valence-corrected chi connectivity index (χ0v) is 11.2. The van der Waals surface area contributed by atoms with E-state index in [1.807, 2.05) is 27.7 Å². The number of halogens is 1. The topological polar surface area (TPSA) is 38.7 Å². The molecule has 98 valence electrons. The highest BCUT2D eigenvalue weighted by Crippen LogP contribution is 2.36. The average Bonchev–Trinajstić information content (AvgIpc) is 2.47. The van der Waals surface area contributed by atoms with Crippen LogP contribution in [0, 0.1) is 5.82 Å². The molecule has 1 fully saturated rings. The van der Waals surface area contributed by atoms with E-state index in [2.05, 4.69) is 0 Å². The van der Waals surface area contributed by atoms with Crippen molar-refractivity contribution in [2.45, 2.75) is 45.5 Å². The minimum absolute atomic E-state index is 0.239. The summed E-state index contributed by atoms with van der Waals surface area (Å²) in [6.07, 6.45) is 0. The smallest absolute Gasteiger partial charge is 0.399 e. The Bertz CT molecular complexity index is 444. The molecule has 1 heterocycles. The third-order valence-corrected chi connectivity index (χ3v) is 3.78. The Kier molecular flexibility index (Phi) is 3.26. The van der Waals surface area contributed by atoms with E-state index < -0.39 is 18.3 Å². The lowest BCUT2D eigenvalue weighted by Gasteiger charge is -2.32. The molecule has 0 radical (unpaired) electrons. The van der Waals surface area contributed by atoms with Gasteiger partial charge >= 0.3 is 7.12 Å². The van der Waals surface area contributed by atoms with Gasteiger partial charge in [0, 0.05) is 0 Å². The average molecular weight is 252 g/mol. The SMILES string of the molecule is CC1(C)OB(c2ccc(F)cc2CO)OC1(C)C. The molecule has 0 atom stereocenters. The molecule has 0 aromatic heterocycles. The summed E-state index contributed by atoms with van der Waals surface area (Å²) in [5.74, 6) is -0.376. The Morgan fingerprint density at radius 2 is 1.72 bits per heavy atom. The molecule has 1 saturated heterocycles. The second kappa shape index (κ2) is 4.33. The standard InChI is InChI=1S/C13H18BFO3/c1-12(2)13(3,4)18-14(17-12)11-6-5-10(15)7-9(11)8-16/h5-7,16H,8H2,1-4H3. The molecular formula is C13H18BFO3. The highest BCUT2D eigenvalue weighted by Gasteiger charge is 2.52. The van der Waals surface area contributed by atoms with Crippen LogP contribution >= 0.6 is 0 Å². The van der Waals surface area contributed by atoms with E-state index in [0.717, 1.165) is 0 Å². The molecule has 18 heavy (non-hydrogen) atoms. The van der Waals surface area contributed by atoms with Crippen LogP contribution in [-0.2, 0) is 15.9 Å². The van der Waals surface area contributed by atoms with Crippen LogP contribution in [-0.4, -0.2) is 23.4 Å². The summed E-state index contributed by atoms with van der Waals surface area (Å²) in [5, 5.41) is 9.29. The van der Waals surface area contributed by atoms with Crippen molar-refractivity contribution in [2.75, 3.05) is 0 Å². The minimum Gasteiger partial charge on any atom is -0.399 e. The first-order chi connectivity index (χ1) is 8.27. The van der Waals surface area contributed by atoms with Crippen LogP contribution in [0.25, 0.3) is 0 Å². The number of aliphatic hydroxyl groups excluding tert-OH is 1. The Balaban J connectivity index is 2.35. The van der Waals surface area contributed by atoms with E-state index in [0.29, 0.717) is 11.0 Å². The maximum Gasteiger partial charge on any atom is 0.495 e. The lowest BCUT2D eigenvalue weighted by Crippen LogP contribution is -2.41. The summed E-state index contributed by atoms with van der Waals surface area (Å²) < 4.78 is 24.9. The molecule has 1 aromatic rings. The molecule has 1 aliphatic heterocycles. The molecule has 0 aliphatic carbocycles. The van der Waals surface area contributed by atoms with E-state index >= 15 is 0 Å². The van der Waals surface area contributed by atoms with Crippen molar-refractivity contribution < 1.29 is 18.8 Å². The summed E-state index contributed by atoms with van der Waals surface area (Å²) >= 11 is 0. The van der Waals surface area contributed by atoms with Crippen LogP contribution < -0.4 is 5.46 Å². The fraction of sp³-hybridized carbons (Fsp3) is 0.538. The maximum absolute atomic E-state index is 13.1. The summed E-state index contributed by atoms with van der Waals surface area (Å²) in [4.78, 5) is 0. The van der Waals surface area contributed by atoms with Crippen molar-refractivity contribution in [3.63, 3.8) is 0 Å². The molecule has 1 aromatic carbocycles. The van der Waals surface area contributed by atoms with Crippen molar-refractivity contribution in [2.24, 2.45) is 0 Å². The summed E-state index contributed by atoms with van der Waals surface area (Å²) in [5.41, 5.74) is 0.281. The largest absolute Gasteiger partial charge is 0.495 e. The monoisotopic (exact) mass is 252 g/mol. The first-order valence-electron chi connectivity index (χ1n) is 6.02. The van der Waals surface area contributed by atoms with Crippen LogP contribution in [0.5, 0.6) is 0 Å². The maximum atomic E-state index is 13.1. The second-order valence-electron chi connectivity index (χ2n) is 5.59. The summed E-state index contributed by atoms with van der Waals surface area (Å²) in [6, 6.07) is 4.25. The molecule has 0 bridgehead atoms. The van der Waals surface area contributed by atoms with Gasteiger partial charge in [0.05, 0.1) is 17.8 Å². The summed E-state index contributed by atoms with van der Waals surface area (Å²) in [6.45, 7) is 7.58. The summed E-state index contributed by atoms with van der Waals surface area (Å²) in [7, 11) is -0.572. The van der Waals surface area contributed by atoms with Crippen molar-refractivity contribution in [3.8, 4) is 0 Å². The first kappa shape index (κ1) is 13.5. The number of hydrogen-bond donors (Lipinski definition) is 1. The van der Waals surface area contributed by atoms with Crippen LogP contribution in [0.2, 0.25) is 0 Å². The van der Waals surface area contributed by atoms with Crippen LogP contribution in [0.3, 0.4) is 0 Å². The van der Waals surface area contributed by atoms with Gasteiger partial charge < -0.3 is 14.4 Å². The Hall–Kier alpha value is -0.905. The molecule has 0 unspecified atom stereocenters. The molecule has 0 spiro atoms. The Morgan fingerprint density at radius 3 is 2.22 bits per heavy atom. The van der Waals surface area contributed by atoms with E-state index in [4.69, 9.17) is 9.31 Å². The van der Waals surface area contributed by atoms with Crippen LogP contribution in [0.15, 0.2) is 18.2 Å². The van der Waals surface area contributed by atoms with Crippen molar-refractivity contribution in [1.29, 1.82) is 0 Å². The predicted octanol–water partition coefficient (Wildman–Crippen LogP) is 1.62. The Labute approximate surface area is 107 Å². The first-order valence-corrected chi connectivity index (χ1v) is 6.02. The van der Waals surface area contributed by atoms with Crippen molar-refractivity contribution in [1.82, 2.24) is 0 Å². The van der Waals surface area contributed by atoms with Crippen LogP contribution in [0.1, 0.15) is 33.3 Å². The third-order valence-electron chi connectivity index (χ3n) is 3.78. The fourth-order valence-corrected chi connectivity index (χ4v) is 1.91. The number of aliphatic hydroxyl groups is 1. The quantitative estimate of drug-likeness (QED) is 0.813. The zero-order valence-electron chi connectivity index (χ0n) is 11.2. The van der Waals surface area contributed by atoms with Crippen LogP contribution in [0.4, 0.5) is 4.39 Å². The lowest BCUT2D eigenvalue weighted by atomic mass is 9.76. The number of hydrogen-bond acceptors (Lipinski definition) is 3. The number of benzene rings is 1. The van der Waals surface area contributed by atoms with E-state index in [9.17, 15) is 9.50 Å². The van der Waals surface area contributed by atoms with E-state index in [-0.39, 0.29) is 12.4 Å². The van der Waals surface area contributed by atoms with Gasteiger partial charge in [-0.2, -0.15) is 0 Å². The second-order valence-corrected chi connectivity index (χ2v) is 5.59. The van der Waals surface area contributed by atoms with Gasteiger partial charge in [0.15, 0.2) is 0 Å². The highest BCUT2D eigenvalue weighted by molar-refractivity contribution is 6.62. The number of rotatable bonds is 2. The normalized spacial score (nSPS) is 21.3.